The number of nitrogens with one attached hydrogen (secondary N) is 2. The van der Waals surface area contributed by atoms with E-state index in [-0.39, 0.29) is 6.04 Å². The van der Waals surface area contributed by atoms with E-state index in [1.54, 1.807) is 7.05 Å². The fourth-order valence-electron chi connectivity index (χ4n) is 1.23. The van der Waals surface area contributed by atoms with Gasteiger partial charge in [0.1, 0.15) is 0 Å². The van der Waals surface area contributed by atoms with Gasteiger partial charge in [-0.2, -0.15) is 17.4 Å². The highest BCUT2D eigenvalue weighted by atomic mass is 32.2. The van der Waals surface area contributed by atoms with Crippen molar-refractivity contribution in [3.63, 3.8) is 0 Å². The topological polar surface area (TPSA) is 61.4 Å². The lowest BCUT2D eigenvalue weighted by Gasteiger charge is -2.18. The van der Waals surface area contributed by atoms with Crippen LogP contribution in [0.15, 0.2) is 0 Å². The Kier molecular flexibility index (Phi) is 3.66. The predicted molar refractivity (Wildman–Crippen MR) is 51.6 cm³/mol. The standard InChI is InChI=1S/C7H17N3O2S/c1-3-10(2)13(11,12)9-7-4-5-8-6-7/h7-9H,3-6H2,1-2H3. The molecule has 1 unspecified atom stereocenters. The molecular weight excluding hydrogens is 190 g/mol. The van der Waals surface area contributed by atoms with Gasteiger partial charge in [-0.15, -0.1) is 0 Å². The van der Waals surface area contributed by atoms with Crippen LogP contribution in [0.4, 0.5) is 0 Å². The van der Waals surface area contributed by atoms with E-state index in [1.807, 2.05) is 6.92 Å². The van der Waals surface area contributed by atoms with Gasteiger partial charge in [-0.3, -0.25) is 0 Å². The molecule has 1 aliphatic heterocycles. The third-order valence-electron chi connectivity index (χ3n) is 2.23. The summed E-state index contributed by atoms with van der Waals surface area (Å²) in [6.45, 7) is 3.93. The zero-order valence-corrected chi connectivity index (χ0v) is 8.89. The molecule has 0 aliphatic carbocycles. The predicted octanol–water partition coefficient (Wildman–Crippen LogP) is -0.866. The van der Waals surface area contributed by atoms with E-state index < -0.39 is 10.2 Å². The van der Waals surface area contributed by atoms with E-state index in [4.69, 9.17) is 0 Å². The minimum atomic E-state index is -3.25. The van der Waals surface area contributed by atoms with E-state index in [0.717, 1.165) is 19.5 Å². The van der Waals surface area contributed by atoms with Gasteiger partial charge in [-0.1, -0.05) is 6.92 Å². The van der Waals surface area contributed by atoms with Gasteiger partial charge in [0.2, 0.25) is 0 Å². The lowest BCUT2D eigenvalue weighted by atomic mass is 10.3. The van der Waals surface area contributed by atoms with Crippen LogP contribution in [0.3, 0.4) is 0 Å². The van der Waals surface area contributed by atoms with Gasteiger partial charge in [0.15, 0.2) is 0 Å². The molecule has 1 fully saturated rings. The second-order valence-corrected chi connectivity index (χ2v) is 5.04. The molecule has 13 heavy (non-hydrogen) atoms. The van der Waals surface area contributed by atoms with Crippen LogP contribution in [-0.4, -0.2) is 45.4 Å². The Morgan fingerprint density at radius 2 is 2.31 bits per heavy atom. The Morgan fingerprint density at radius 3 is 2.77 bits per heavy atom. The SMILES string of the molecule is CCN(C)S(=O)(=O)NC1CCNC1. The zero-order chi connectivity index (χ0) is 9.90. The molecule has 1 atom stereocenters. The van der Waals surface area contributed by atoms with Crippen LogP contribution in [0.25, 0.3) is 0 Å². The van der Waals surface area contributed by atoms with E-state index in [1.165, 1.54) is 4.31 Å². The summed E-state index contributed by atoms with van der Waals surface area (Å²) in [5.41, 5.74) is 0. The van der Waals surface area contributed by atoms with Crippen LogP contribution >= 0.6 is 0 Å². The molecule has 1 rings (SSSR count). The van der Waals surface area contributed by atoms with Crippen molar-refractivity contribution < 1.29 is 8.42 Å². The maximum absolute atomic E-state index is 11.5. The molecule has 0 aromatic rings. The largest absolute Gasteiger partial charge is 0.315 e. The fraction of sp³-hybridized carbons (Fsp3) is 1.00. The molecule has 5 nitrogen and oxygen atoms in total. The zero-order valence-electron chi connectivity index (χ0n) is 8.08. The first kappa shape index (κ1) is 10.9. The summed E-state index contributed by atoms with van der Waals surface area (Å²) >= 11 is 0. The van der Waals surface area contributed by atoms with Crippen LogP contribution < -0.4 is 10.0 Å². The third-order valence-corrected chi connectivity index (χ3v) is 3.94. The number of rotatable bonds is 4. The molecule has 78 valence electrons. The highest BCUT2D eigenvalue weighted by molar-refractivity contribution is 7.87. The maximum atomic E-state index is 11.5. The van der Waals surface area contributed by atoms with Gasteiger partial charge in [0, 0.05) is 26.2 Å². The van der Waals surface area contributed by atoms with Crippen molar-refractivity contribution >= 4 is 10.2 Å². The van der Waals surface area contributed by atoms with E-state index in [2.05, 4.69) is 10.0 Å². The van der Waals surface area contributed by atoms with Crippen LogP contribution in [0.2, 0.25) is 0 Å². The lowest BCUT2D eigenvalue weighted by Crippen LogP contribution is -2.44. The number of hydrogen-bond acceptors (Lipinski definition) is 3. The molecule has 2 N–H and O–H groups in total. The van der Waals surface area contributed by atoms with Crippen molar-refractivity contribution in [1.82, 2.24) is 14.3 Å². The minimum Gasteiger partial charge on any atom is -0.315 e. The molecule has 0 spiro atoms. The summed E-state index contributed by atoms with van der Waals surface area (Å²) in [6, 6.07) is 0.0546. The monoisotopic (exact) mass is 207 g/mol. The molecule has 0 aromatic heterocycles. The van der Waals surface area contributed by atoms with E-state index in [0.29, 0.717) is 6.54 Å². The number of nitrogens with zero attached hydrogens (tertiary/aromatic N) is 1. The maximum Gasteiger partial charge on any atom is 0.279 e. The summed E-state index contributed by atoms with van der Waals surface area (Å²) in [6.07, 6.45) is 0.872. The Labute approximate surface area is 79.7 Å². The summed E-state index contributed by atoms with van der Waals surface area (Å²) < 4.78 is 27.0. The Hall–Kier alpha value is -0.170. The van der Waals surface area contributed by atoms with Crippen molar-refractivity contribution in [2.24, 2.45) is 0 Å². The van der Waals surface area contributed by atoms with Crippen LogP contribution in [0.5, 0.6) is 0 Å². The van der Waals surface area contributed by atoms with Crippen molar-refractivity contribution in [2.75, 3.05) is 26.7 Å². The molecule has 6 heteroatoms. The summed E-state index contributed by atoms with van der Waals surface area (Å²) in [7, 11) is -1.68. The molecule has 1 aliphatic rings. The first-order valence-electron chi connectivity index (χ1n) is 4.50. The van der Waals surface area contributed by atoms with E-state index >= 15 is 0 Å². The highest BCUT2D eigenvalue weighted by Crippen LogP contribution is 2.01. The average molecular weight is 207 g/mol. The van der Waals surface area contributed by atoms with Crippen LogP contribution in [0.1, 0.15) is 13.3 Å². The van der Waals surface area contributed by atoms with Crippen molar-refractivity contribution in [2.45, 2.75) is 19.4 Å². The van der Waals surface area contributed by atoms with Crippen LogP contribution in [-0.2, 0) is 10.2 Å². The molecule has 1 heterocycles. The summed E-state index contributed by atoms with van der Waals surface area (Å²) in [5.74, 6) is 0. The first-order valence-corrected chi connectivity index (χ1v) is 5.94. The van der Waals surface area contributed by atoms with Crippen LogP contribution in [0, 0.1) is 0 Å². The fourth-order valence-corrected chi connectivity index (χ4v) is 2.37. The molecule has 0 bridgehead atoms. The molecule has 0 amide bonds. The van der Waals surface area contributed by atoms with Gasteiger partial charge in [0.05, 0.1) is 0 Å². The third kappa shape index (κ3) is 2.91. The Bertz CT molecular complexity index is 246. The Morgan fingerprint density at radius 1 is 1.62 bits per heavy atom. The average Bonchev–Trinajstić information content (AvgIpc) is 2.54. The second-order valence-electron chi connectivity index (χ2n) is 3.23. The molecule has 1 saturated heterocycles. The Balaban J connectivity index is 2.50. The molecular formula is C7H17N3O2S. The van der Waals surface area contributed by atoms with Gasteiger partial charge < -0.3 is 5.32 Å². The van der Waals surface area contributed by atoms with Gasteiger partial charge in [0.25, 0.3) is 10.2 Å². The smallest absolute Gasteiger partial charge is 0.279 e. The minimum absolute atomic E-state index is 0.0546. The molecule has 0 aromatic carbocycles. The summed E-state index contributed by atoms with van der Waals surface area (Å²) in [4.78, 5) is 0. The van der Waals surface area contributed by atoms with Crippen molar-refractivity contribution in [1.29, 1.82) is 0 Å². The number of hydrogen-bond donors (Lipinski definition) is 2. The summed E-state index contributed by atoms with van der Waals surface area (Å²) in [5, 5.41) is 3.11. The van der Waals surface area contributed by atoms with Crippen molar-refractivity contribution in [3.8, 4) is 0 Å². The van der Waals surface area contributed by atoms with Crippen molar-refractivity contribution in [3.05, 3.63) is 0 Å². The molecule has 0 saturated carbocycles. The second kappa shape index (κ2) is 4.36. The van der Waals surface area contributed by atoms with Gasteiger partial charge in [-0.25, -0.2) is 0 Å². The lowest BCUT2D eigenvalue weighted by molar-refractivity contribution is 0.462. The van der Waals surface area contributed by atoms with Gasteiger partial charge >= 0.3 is 0 Å². The first-order chi connectivity index (χ1) is 6.06. The highest BCUT2D eigenvalue weighted by Gasteiger charge is 2.23. The normalized spacial score (nSPS) is 24.1. The van der Waals surface area contributed by atoms with Gasteiger partial charge in [-0.05, 0) is 13.0 Å². The van der Waals surface area contributed by atoms with E-state index in [9.17, 15) is 8.42 Å². The quantitative estimate of drug-likeness (QED) is 0.630. The molecule has 0 radical (unpaired) electrons.